The zero-order valence-electron chi connectivity index (χ0n) is 15.9. The molecule has 1 heterocycles. The lowest BCUT2D eigenvalue weighted by atomic mass is 9.81. The van der Waals surface area contributed by atoms with Crippen molar-refractivity contribution in [1.29, 1.82) is 0 Å². The Hall–Kier alpha value is -3.51. The summed E-state index contributed by atoms with van der Waals surface area (Å²) < 4.78 is 5.86. The number of carbonyl (C=O) groups excluding carboxylic acids is 2. The first-order chi connectivity index (χ1) is 13.7. The van der Waals surface area contributed by atoms with E-state index in [2.05, 4.69) is 6.58 Å². The zero-order valence-corrected chi connectivity index (χ0v) is 15.9. The Morgan fingerprint density at radius 1 is 1.10 bits per heavy atom. The number of carbonyl (C=O) groups is 2. The molecule has 0 unspecified atom stereocenters. The van der Waals surface area contributed by atoms with Crippen LogP contribution < -0.4 is 5.43 Å². The summed E-state index contributed by atoms with van der Waals surface area (Å²) in [6.07, 6.45) is 1.60. The lowest BCUT2D eigenvalue weighted by molar-refractivity contribution is 0.0375. The quantitative estimate of drug-likeness (QED) is 0.520. The lowest BCUT2D eigenvalue weighted by Crippen LogP contribution is -2.25. The van der Waals surface area contributed by atoms with Crippen molar-refractivity contribution in [1.82, 2.24) is 0 Å². The highest BCUT2D eigenvalue weighted by Crippen LogP contribution is 2.38. The minimum atomic E-state index is -1.52. The first-order valence-corrected chi connectivity index (χ1v) is 9.04. The minimum Gasteiger partial charge on any atom is -0.507 e. The van der Waals surface area contributed by atoms with Crippen molar-refractivity contribution in [3.63, 3.8) is 0 Å². The van der Waals surface area contributed by atoms with E-state index in [0.717, 1.165) is 0 Å². The molecule has 0 aliphatic heterocycles. The SMILES string of the molecule is C=CC[C@](C)(O)c1cc(=O)c2c(C)cc3c(c2o1)C(=O)c1c(O)cccc1C3=O. The molecule has 146 valence electrons. The molecule has 1 atom stereocenters. The molecule has 4 rings (SSSR count). The van der Waals surface area contributed by atoms with Gasteiger partial charge in [-0.25, -0.2) is 0 Å². The summed E-state index contributed by atoms with van der Waals surface area (Å²) in [5.41, 5.74) is -1.56. The molecule has 0 saturated carbocycles. The Balaban J connectivity index is 2.13. The normalized spacial score (nSPS) is 15.0. The maximum Gasteiger partial charge on any atom is 0.202 e. The van der Waals surface area contributed by atoms with E-state index in [1.807, 2.05) is 0 Å². The molecule has 1 aliphatic carbocycles. The summed E-state index contributed by atoms with van der Waals surface area (Å²) in [6, 6.07) is 6.96. The number of aromatic hydroxyl groups is 1. The van der Waals surface area contributed by atoms with Crippen molar-refractivity contribution in [3.8, 4) is 5.75 Å². The van der Waals surface area contributed by atoms with Crippen LogP contribution in [0.15, 0.2) is 52.2 Å². The van der Waals surface area contributed by atoms with Crippen LogP contribution in [0.5, 0.6) is 5.75 Å². The molecule has 1 aliphatic rings. The van der Waals surface area contributed by atoms with Gasteiger partial charge >= 0.3 is 0 Å². The fourth-order valence-corrected chi connectivity index (χ4v) is 3.82. The van der Waals surface area contributed by atoms with E-state index in [9.17, 15) is 24.6 Å². The largest absolute Gasteiger partial charge is 0.507 e. The summed E-state index contributed by atoms with van der Waals surface area (Å²) >= 11 is 0. The summed E-state index contributed by atoms with van der Waals surface area (Å²) in [5.74, 6) is -1.41. The van der Waals surface area contributed by atoms with Crippen LogP contribution in [0.3, 0.4) is 0 Å². The molecular weight excluding hydrogens is 372 g/mol. The van der Waals surface area contributed by atoms with Gasteiger partial charge < -0.3 is 14.6 Å². The standard InChI is InChI=1S/C23H18O6/c1-4-8-23(3,28)16-10-15(25)17-11(2)9-13-19(22(17)29-16)21(27)18-12(20(13)26)6-5-7-14(18)24/h4-7,9-10,24,28H,1,8H2,2-3H3/t23-/m0/s1. The van der Waals surface area contributed by atoms with Gasteiger partial charge in [0.2, 0.25) is 5.78 Å². The number of rotatable bonds is 3. The highest BCUT2D eigenvalue weighted by molar-refractivity contribution is 6.32. The Labute approximate surface area is 165 Å². The van der Waals surface area contributed by atoms with Crippen LogP contribution in [-0.4, -0.2) is 21.8 Å². The summed E-state index contributed by atoms with van der Waals surface area (Å²) in [4.78, 5) is 39.1. The molecule has 0 spiro atoms. The van der Waals surface area contributed by atoms with Gasteiger partial charge in [0.1, 0.15) is 22.7 Å². The van der Waals surface area contributed by atoms with Crippen LogP contribution in [0, 0.1) is 6.92 Å². The maximum atomic E-state index is 13.2. The van der Waals surface area contributed by atoms with Crippen molar-refractivity contribution >= 4 is 22.5 Å². The van der Waals surface area contributed by atoms with Crippen LogP contribution in [-0.2, 0) is 5.60 Å². The Bertz CT molecular complexity index is 1290. The molecule has 2 aromatic carbocycles. The van der Waals surface area contributed by atoms with Gasteiger partial charge in [-0.1, -0.05) is 18.2 Å². The molecule has 0 saturated heterocycles. The van der Waals surface area contributed by atoms with E-state index in [-0.39, 0.29) is 51.2 Å². The second kappa shape index (κ2) is 6.25. The van der Waals surface area contributed by atoms with Gasteiger partial charge in [-0.05, 0) is 31.5 Å². The molecule has 0 bridgehead atoms. The number of hydrogen-bond donors (Lipinski definition) is 2. The Morgan fingerprint density at radius 2 is 1.83 bits per heavy atom. The fourth-order valence-electron chi connectivity index (χ4n) is 3.82. The van der Waals surface area contributed by atoms with Crippen LogP contribution in [0.25, 0.3) is 11.0 Å². The highest BCUT2D eigenvalue weighted by Gasteiger charge is 2.36. The van der Waals surface area contributed by atoms with Crippen molar-refractivity contribution in [3.05, 3.63) is 86.8 Å². The van der Waals surface area contributed by atoms with Gasteiger partial charge in [-0.15, -0.1) is 6.58 Å². The summed E-state index contributed by atoms with van der Waals surface area (Å²) in [6.45, 7) is 6.71. The number of phenols is 1. The Morgan fingerprint density at radius 3 is 2.52 bits per heavy atom. The molecule has 1 aromatic heterocycles. The summed E-state index contributed by atoms with van der Waals surface area (Å²) in [7, 11) is 0. The van der Waals surface area contributed by atoms with Crippen molar-refractivity contribution in [2.24, 2.45) is 0 Å². The number of ketones is 2. The van der Waals surface area contributed by atoms with Crippen LogP contribution in [0.2, 0.25) is 0 Å². The third-order valence-electron chi connectivity index (χ3n) is 5.26. The molecule has 0 amide bonds. The van der Waals surface area contributed by atoms with Crippen LogP contribution >= 0.6 is 0 Å². The van der Waals surface area contributed by atoms with E-state index in [1.54, 1.807) is 6.92 Å². The van der Waals surface area contributed by atoms with Crippen molar-refractivity contribution in [2.45, 2.75) is 25.9 Å². The fraction of sp³-hybridized carbons (Fsp3) is 0.174. The summed E-state index contributed by atoms with van der Waals surface area (Å²) in [5, 5.41) is 21.0. The molecule has 6 heteroatoms. The number of hydrogen-bond acceptors (Lipinski definition) is 6. The lowest BCUT2D eigenvalue weighted by Gasteiger charge is -2.23. The smallest absolute Gasteiger partial charge is 0.202 e. The zero-order chi connectivity index (χ0) is 21.1. The molecule has 6 nitrogen and oxygen atoms in total. The van der Waals surface area contributed by atoms with E-state index in [1.165, 1.54) is 43.3 Å². The van der Waals surface area contributed by atoms with E-state index < -0.39 is 22.6 Å². The number of phenolic OH excluding ortho intramolecular Hbond substituents is 1. The number of aryl methyl sites for hydroxylation is 1. The molecule has 2 N–H and O–H groups in total. The first-order valence-electron chi connectivity index (χ1n) is 9.04. The molecule has 0 fully saturated rings. The van der Waals surface area contributed by atoms with Gasteiger partial charge in [-0.2, -0.15) is 0 Å². The molecular formula is C23H18O6. The third kappa shape index (κ3) is 2.64. The van der Waals surface area contributed by atoms with Gasteiger partial charge in [0, 0.05) is 23.6 Å². The molecule has 29 heavy (non-hydrogen) atoms. The predicted molar refractivity (Wildman–Crippen MR) is 107 cm³/mol. The van der Waals surface area contributed by atoms with Crippen molar-refractivity contribution in [2.75, 3.05) is 0 Å². The molecule has 3 aromatic rings. The van der Waals surface area contributed by atoms with Gasteiger partial charge in [-0.3, -0.25) is 14.4 Å². The van der Waals surface area contributed by atoms with Gasteiger partial charge in [0.15, 0.2) is 11.2 Å². The van der Waals surface area contributed by atoms with Gasteiger partial charge in [0.05, 0.1) is 16.5 Å². The van der Waals surface area contributed by atoms with Gasteiger partial charge in [0.25, 0.3) is 0 Å². The minimum absolute atomic E-state index is 0.0361. The number of benzene rings is 2. The number of fused-ring (bicyclic) bond motifs is 4. The highest BCUT2D eigenvalue weighted by atomic mass is 16.4. The predicted octanol–water partition coefficient (Wildman–Crippen LogP) is 3.37. The third-order valence-corrected chi connectivity index (χ3v) is 5.26. The van der Waals surface area contributed by atoms with E-state index in [0.29, 0.717) is 5.56 Å². The average Bonchev–Trinajstić information content (AvgIpc) is 2.65. The van der Waals surface area contributed by atoms with Crippen molar-refractivity contribution < 1.29 is 24.2 Å². The van der Waals surface area contributed by atoms with Crippen LogP contribution in [0.1, 0.15) is 56.5 Å². The average molecular weight is 390 g/mol. The second-order valence-electron chi connectivity index (χ2n) is 7.42. The molecule has 0 radical (unpaired) electrons. The van der Waals surface area contributed by atoms with E-state index in [4.69, 9.17) is 4.42 Å². The second-order valence-corrected chi connectivity index (χ2v) is 7.42. The Kier molecular flexibility index (Phi) is 4.06. The topological polar surface area (TPSA) is 105 Å². The number of aliphatic hydroxyl groups is 1. The maximum absolute atomic E-state index is 13.2. The monoisotopic (exact) mass is 390 g/mol. The van der Waals surface area contributed by atoms with E-state index >= 15 is 0 Å². The van der Waals surface area contributed by atoms with Crippen LogP contribution in [0.4, 0.5) is 0 Å². The first kappa shape index (κ1) is 18.8.